The Morgan fingerprint density at radius 3 is 2.74 bits per heavy atom. The highest BCUT2D eigenvalue weighted by molar-refractivity contribution is 9.10. The molecule has 0 aliphatic carbocycles. The molecule has 2 nitrogen and oxygen atoms in total. The fourth-order valence-electron chi connectivity index (χ4n) is 1.74. The molecule has 0 aliphatic heterocycles. The summed E-state index contributed by atoms with van der Waals surface area (Å²) >= 11 is 3.28. The number of hydrogen-bond acceptors (Lipinski definition) is 2. The third-order valence-electron chi connectivity index (χ3n) is 2.69. The number of phenolic OH excluding ortho intramolecular Hbond substituents is 1. The molecule has 3 heteroatoms. The maximum absolute atomic E-state index is 12.0. The first-order chi connectivity index (χ1) is 9.06. The standard InChI is InChI=1S/C16H13BrO2/c1-11-3-2-4-12(9-11)5-7-15(18)14-10-13(17)6-8-16(14)19/h2-10,19H,1H3/b7-5+. The lowest BCUT2D eigenvalue weighted by molar-refractivity contribution is 0.104. The molecule has 0 atom stereocenters. The number of phenols is 1. The molecule has 96 valence electrons. The molecule has 2 rings (SSSR count). The van der Waals surface area contributed by atoms with Crippen LogP contribution >= 0.6 is 15.9 Å². The number of halogens is 1. The lowest BCUT2D eigenvalue weighted by Gasteiger charge is -2.01. The van der Waals surface area contributed by atoms with E-state index in [0.29, 0.717) is 5.56 Å². The molecule has 0 spiro atoms. The molecule has 0 saturated carbocycles. The minimum atomic E-state index is -0.222. The minimum Gasteiger partial charge on any atom is -0.507 e. The molecular weight excluding hydrogens is 304 g/mol. The molecule has 0 aliphatic rings. The number of rotatable bonds is 3. The smallest absolute Gasteiger partial charge is 0.189 e. The van der Waals surface area contributed by atoms with Crippen LogP contribution in [-0.2, 0) is 0 Å². The van der Waals surface area contributed by atoms with Crippen LogP contribution in [0.5, 0.6) is 5.75 Å². The molecule has 19 heavy (non-hydrogen) atoms. The van der Waals surface area contributed by atoms with Crippen molar-refractivity contribution in [3.8, 4) is 5.75 Å². The molecule has 0 bridgehead atoms. The van der Waals surface area contributed by atoms with Gasteiger partial charge in [-0.2, -0.15) is 0 Å². The zero-order valence-electron chi connectivity index (χ0n) is 10.4. The zero-order valence-corrected chi connectivity index (χ0v) is 12.0. The van der Waals surface area contributed by atoms with Crippen LogP contribution in [-0.4, -0.2) is 10.9 Å². The summed E-state index contributed by atoms with van der Waals surface area (Å²) < 4.78 is 0.762. The Kier molecular flexibility index (Phi) is 4.17. The predicted octanol–water partition coefficient (Wildman–Crippen LogP) is 4.36. The van der Waals surface area contributed by atoms with Gasteiger partial charge >= 0.3 is 0 Å². The fraction of sp³-hybridized carbons (Fsp3) is 0.0625. The van der Waals surface area contributed by atoms with Crippen LogP contribution in [0.25, 0.3) is 6.08 Å². The molecule has 0 radical (unpaired) electrons. The Labute approximate surface area is 120 Å². The summed E-state index contributed by atoms with van der Waals surface area (Å²) in [5.41, 5.74) is 2.39. The van der Waals surface area contributed by atoms with Crippen LogP contribution in [0.4, 0.5) is 0 Å². The summed E-state index contributed by atoms with van der Waals surface area (Å²) in [6.45, 7) is 2.00. The average Bonchev–Trinajstić information content (AvgIpc) is 2.39. The van der Waals surface area contributed by atoms with E-state index < -0.39 is 0 Å². The van der Waals surface area contributed by atoms with Gasteiger partial charge in [-0.25, -0.2) is 0 Å². The van der Waals surface area contributed by atoms with Crippen molar-refractivity contribution in [1.29, 1.82) is 0 Å². The topological polar surface area (TPSA) is 37.3 Å². The lowest BCUT2D eigenvalue weighted by atomic mass is 10.1. The van der Waals surface area contributed by atoms with E-state index in [0.717, 1.165) is 15.6 Å². The largest absolute Gasteiger partial charge is 0.507 e. The summed E-state index contributed by atoms with van der Waals surface area (Å²) in [4.78, 5) is 12.0. The molecule has 2 aromatic rings. The second-order valence-electron chi connectivity index (χ2n) is 4.27. The maximum Gasteiger partial charge on any atom is 0.189 e. The van der Waals surface area contributed by atoms with Crippen molar-refractivity contribution in [3.63, 3.8) is 0 Å². The molecule has 0 heterocycles. The predicted molar refractivity (Wildman–Crippen MR) is 80.4 cm³/mol. The Morgan fingerprint density at radius 2 is 2.00 bits per heavy atom. The molecule has 0 aromatic heterocycles. The molecule has 1 N–H and O–H groups in total. The summed E-state index contributed by atoms with van der Waals surface area (Å²) in [6.07, 6.45) is 3.21. The second-order valence-corrected chi connectivity index (χ2v) is 5.19. The van der Waals surface area contributed by atoms with Crippen LogP contribution in [0.1, 0.15) is 21.5 Å². The summed E-state index contributed by atoms with van der Waals surface area (Å²) in [5.74, 6) is -0.234. The number of ketones is 1. The van der Waals surface area contributed by atoms with Gasteiger partial charge in [0.05, 0.1) is 5.56 Å². The summed E-state index contributed by atoms with van der Waals surface area (Å²) in [6, 6.07) is 12.7. The monoisotopic (exact) mass is 316 g/mol. The van der Waals surface area contributed by atoms with E-state index in [9.17, 15) is 9.90 Å². The first kappa shape index (κ1) is 13.6. The van der Waals surface area contributed by atoms with Crippen molar-refractivity contribution in [2.45, 2.75) is 6.92 Å². The van der Waals surface area contributed by atoms with Gasteiger partial charge in [-0.05, 0) is 36.8 Å². The third-order valence-corrected chi connectivity index (χ3v) is 3.19. The number of allylic oxidation sites excluding steroid dienone is 1. The highest BCUT2D eigenvalue weighted by atomic mass is 79.9. The van der Waals surface area contributed by atoms with Gasteiger partial charge in [-0.1, -0.05) is 51.8 Å². The van der Waals surface area contributed by atoms with Crippen LogP contribution in [0.3, 0.4) is 0 Å². The van der Waals surface area contributed by atoms with Crippen molar-refractivity contribution in [3.05, 3.63) is 69.7 Å². The SMILES string of the molecule is Cc1cccc(/C=C/C(=O)c2cc(Br)ccc2O)c1. The van der Waals surface area contributed by atoms with Crippen molar-refractivity contribution in [1.82, 2.24) is 0 Å². The van der Waals surface area contributed by atoms with E-state index in [1.54, 1.807) is 18.2 Å². The van der Waals surface area contributed by atoms with E-state index in [-0.39, 0.29) is 11.5 Å². The van der Waals surface area contributed by atoms with Gasteiger partial charge in [0.25, 0.3) is 0 Å². The van der Waals surface area contributed by atoms with Gasteiger partial charge in [0.15, 0.2) is 5.78 Å². The number of hydrogen-bond donors (Lipinski definition) is 1. The van der Waals surface area contributed by atoms with E-state index in [2.05, 4.69) is 15.9 Å². The van der Waals surface area contributed by atoms with E-state index in [1.165, 1.54) is 12.1 Å². The number of benzene rings is 2. The molecule has 0 saturated heterocycles. The number of carbonyl (C=O) groups is 1. The number of aromatic hydroxyl groups is 1. The lowest BCUT2D eigenvalue weighted by Crippen LogP contribution is -1.94. The normalized spacial score (nSPS) is 10.8. The van der Waals surface area contributed by atoms with Crippen LogP contribution < -0.4 is 0 Å². The third kappa shape index (κ3) is 3.55. The van der Waals surface area contributed by atoms with Crippen LogP contribution in [0, 0.1) is 6.92 Å². The average molecular weight is 317 g/mol. The Bertz CT molecular complexity index is 645. The molecule has 0 fully saturated rings. The van der Waals surface area contributed by atoms with E-state index in [1.807, 2.05) is 31.2 Å². The van der Waals surface area contributed by atoms with E-state index >= 15 is 0 Å². The Morgan fingerprint density at radius 1 is 1.21 bits per heavy atom. The number of carbonyl (C=O) groups excluding carboxylic acids is 1. The highest BCUT2D eigenvalue weighted by Crippen LogP contribution is 2.22. The van der Waals surface area contributed by atoms with Gasteiger partial charge in [0.1, 0.15) is 5.75 Å². The molecule has 2 aromatic carbocycles. The van der Waals surface area contributed by atoms with Crippen molar-refractivity contribution in [2.24, 2.45) is 0 Å². The first-order valence-electron chi connectivity index (χ1n) is 5.84. The van der Waals surface area contributed by atoms with Gasteiger partial charge < -0.3 is 5.11 Å². The van der Waals surface area contributed by atoms with Gasteiger partial charge in [0, 0.05) is 4.47 Å². The quantitative estimate of drug-likeness (QED) is 0.674. The zero-order chi connectivity index (χ0) is 13.8. The minimum absolute atomic E-state index is 0.0120. The fourth-order valence-corrected chi connectivity index (χ4v) is 2.10. The summed E-state index contributed by atoms with van der Waals surface area (Å²) in [7, 11) is 0. The van der Waals surface area contributed by atoms with Crippen LogP contribution in [0.2, 0.25) is 0 Å². The van der Waals surface area contributed by atoms with Crippen molar-refractivity contribution in [2.75, 3.05) is 0 Å². The van der Waals surface area contributed by atoms with E-state index in [4.69, 9.17) is 0 Å². The van der Waals surface area contributed by atoms with Crippen molar-refractivity contribution >= 4 is 27.8 Å². The van der Waals surface area contributed by atoms with Gasteiger partial charge in [-0.15, -0.1) is 0 Å². The van der Waals surface area contributed by atoms with Crippen LogP contribution in [0.15, 0.2) is 53.0 Å². The molecule has 0 unspecified atom stereocenters. The van der Waals surface area contributed by atoms with Gasteiger partial charge in [-0.3, -0.25) is 4.79 Å². The Balaban J connectivity index is 2.23. The highest BCUT2D eigenvalue weighted by Gasteiger charge is 2.08. The number of aryl methyl sites for hydroxylation is 1. The molecule has 0 amide bonds. The van der Waals surface area contributed by atoms with Crippen molar-refractivity contribution < 1.29 is 9.90 Å². The molecular formula is C16H13BrO2. The second kappa shape index (κ2) is 5.85. The summed E-state index contributed by atoms with van der Waals surface area (Å²) in [5, 5.41) is 9.67. The first-order valence-corrected chi connectivity index (χ1v) is 6.63. The van der Waals surface area contributed by atoms with Gasteiger partial charge in [0.2, 0.25) is 0 Å². The maximum atomic E-state index is 12.0. The Hall–Kier alpha value is -1.87.